The molecule has 0 aliphatic carbocycles. The van der Waals surface area contributed by atoms with Gasteiger partial charge in [0.25, 0.3) is 5.91 Å². The molecular weight excluding hydrogens is 330 g/mol. The van der Waals surface area contributed by atoms with Crippen LogP contribution in [0.25, 0.3) is 10.9 Å². The number of nitrogens with zero attached hydrogens (tertiary/aromatic N) is 1. The number of amides is 2. The second-order valence-electron chi connectivity index (χ2n) is 6.44. The zero-order valence-corrected chi connectivity index (χ0v) is 14.6. The number of nitrogens with one attached hydrogen (secondary N) is 2. The Labute approximate surface area is 150 Å². The van der Waals surface area contributed by atoms with Crippen molar-refractivity contribution in [3.63, 3.8) is 0 Å². The third-order valence-electron chi connectivity index (χ3n) is 4.51. The molecule has 0 radical (unpaired) electrons. The fourth-order valence-electron chi connectivity index (χ4n) is 3.19. The summed E-state index contributed by atoms with van der Waals surface area (Å²) in [7, 11) is 0. The van der Waals surface area contributed by atoms with Crippen molar-refractivity contribution in [2.24, 2.45) is 0 Å². The monoisotopic (exact) mass is 349 g/mol. The van der Waals surface area contributed by atoms with Gasteiger partial charge in [-0.2, -0.15) is 0 Å². The summed E-state index contributed by atoms with van der Waals surface area (Å²) >= 11 is 0. The zero-order valence-electron chi connectivity index (χ0n) is 14.6. The second-order valence-corrected chi connectivity index (χ2v) is 6.44. The van der Waals surface area contributed by atoms with E-state index in [4.69, 9.17) is 4.74 Å². The van der Waals surface area contributed by atoms with Gasteiger partial charge in [-0.1, -0.05) is 18.2 Å². The van der Waals surface area contributed by atoms with Gasteiger partial charge in [-0.25, -0.2) is 0 Å². The van der Waals surface area contributed by atoms with Gasteiger partial charge in [0.2, 0.25) is 5.91 Å². The average Bonchev–Trinajstić information content (AvgIpc) is 2.92. The lowest BCUT2D eigenvalue weighted by Gasteiger charge is -2.23. The van der Waals surface area contributed by atoms with Gasteiger partial charge in [-0.3, -0.25) is 9.59 Å². The van der Waals surface area contributed by atoms with Crippen molar-refractivity contribution in [1.29, 1.82) is 0 Å². The Morgan fingerprint density at radius 2 is 2.04 bits per heavy atom. The number of fused-ring (bicyclic) bond motifs is 2. The number of aromatic nitrogens is 1. The number of aryl methyl sites for hydroxylation is 1. The van der Waals surface area contributed by atoms with Crippen LogP contribution in [0.2, 0.25) is 0 Å². The summed E-state index contributed by atoms with van der Waals surface area (Å²) in [4.78, 5) is 24.2. The summed E-state index contributed by atoms with van der Waals surface area (Å²) in [6.45, 7) is 3.90. The molecule has 6 nitrogen and oxygen atoms in total. The third kappa shape index (κ3) is 2.90. The highest BCUT2D eigenvalue weighted by molar-refractivity contribution is 5.99. The van der Waals surface area contributed by atoms with Gasteiger partial charge in [0, 0.05) is 16.9 Å². The largest absolute Gasteiger partial charge is 0.479 e. The molecule has 2 amide bonds. The van der Waals surface area contributed by atoms with Crippen LogP contribution in [0.1, 0.15) is 12.6 Å². The van der Waals surface area contributed by atoms with Crippen molar-refractivity contribution < 1.29 is 14.3 Å². The number of para-hydroxylation sites is 1. The van der Waals surface area contributed by atoms with Gasteiger partial charge in [0.15, 0.2) is 6.10 Å². The molecule has 3 aromatic rings. The van der Waals surface area contributed by atoms with Gasteiger partial charge in [-0.05, 0) is 49.6 Å². The van der Waals surface area contributed by atoms with E-state index in [2.05, 4.69) is 16.7 Å². The molecule has 0 unspecified atom stereocenters. The molecule has 26 heavy (non-hydrogen) atoms. The van der Waals surface area contributed by atoms with Gasteiger partial charge in [0.05, 0.1) is 5.69 Å². The zero-order chi connectivity index (χ0) is 18.3. The van der Waals surface area contributed by atoms with Crippen molar-refractivity contribution >= 4 is 34.1 Å². The normalized spacial score (nSPS) is 15.9. The van der Waals surface area contributed by atoms with E-state index in [0.29, 0.717) is 17.1 Å². The molecule has 0 spiro atoms. The molecule has 2 heterocycles. The van der Waals surface area contributed by atoms with Crippen molar-refractivity contribution in [2.75, 3.05) is 10.6 Å². The fourth-order valence-corrected chi connectivity index (χ4v) is 3.19. The Kier molecular flexibility index (Phi) is 3.88. The molecule has 1 aliphatic heterocycles. The molecule has 0 fully saturated rings. The van der Waals surface area contributed by atoms with Crippen molar-refractivity contribution in [3.05, 3.63) is 54.2 Å². The maximum absolute atomic E-state index is 12.5. The maximum atomic E-state index is 12.5. The lowest BCUT2D eigenvalue weighted by molar-refractivity contribution is -0.122. The molecule has 2 N–H and O–H groups in total. The molecule has 1 atom stereocenters. The number of hydrogen-bond acceptors (Lipinski definition) is 3. The van der Waals surface area contributed by atoms with Crippen LogP contribution in [0, 0.1) is 6.92 Å². The van der Waals surface area contributed by atoms with E-state index >= 15 is 0 Å². The Morgan fingerprint density at radius 1 is 1.23 bits per heavy atom. The van der Waals surface area contributed by atoms with Gasteiger partial charge >= 0.3 is 0 Å². The quantitative estimate of drug-likeness (QED) is 0.762. The van der Waals surface area contributed by atoms with Gasteiger partial charge in [-0.15, -0.1) is 0 Å². The van der Waals surface area contributed by atoms with E-state index in [-0.39, 0.29) is 18.4 Å². The number of anilines is 2. The molecule has 0 saturated heterocycles. The van der Waals surface area contributed by atoms with Crippen molar-refractivity contribution in [3.8, 4) is 5.75 Å². The van der Waals surface area contributed by atoms with Crippen LogP contribution in [0.3, 0.4) is 0 Å². The molecule has 0 saturated carbocycles. The van der Waals surface area contributed by atoms with Crippen molar-refractivity contribution in [2.45, 2.75) is 26.5 Å². The molecule has 132 valence electrons. The first-order valence-electron chi connectivity index (χ1n) is 8.47. The van der Waals surface area contributed by atoms with Crippen LogP contribution >= 0.6 is 0 Å². The van der Waals surface area contributed by atoms with Crippen LogP contribution in [0.4, 0.5) is 11.4 Å². The summed E-state index contributed by atoms with van der Waals surface area (Å²) in [5, 5.41) is 6.78. The Bertz CT molecular complexity index is 1020. The summed E-state index contributed by atoms with van der Waals surface area (Å²) < 4.78 is 7.51. The van der Waals surface area contributed by atoms with Crippen LogP contribution in [-0.2, 0) is 16.1 Å². The minimum Gasteiger partial charge on any atom is -0.479 e. The second kappa shape index (κ2) is 6.22. The molecule has 1 aliphatic rings. The molecule has 1 aromatic heterocycles. The minimum atomic E-state index is -0.520. The van der Waals surface area contributed by atoms with E-state index < -0.39 is 6.10 Å². The van der Waals surface area contributed by atoms with Crippen LogP contribution in [-0.4, -0.2) is 22.5 Å². The smallest absolute Gasteiger partial charge is 0.265 e. The van der Waals surface area contributed by atoms with E-state index in [9.17, 15) is 9.59 Å². The number of benzene rings is 2. The highest BCUT2D eigenvalue weighted by Crippen LogP contribution is 2.32. The first kappa shape index (κ1) is 16.2. The van der Waals surface area contributed by atoms with Crippen LogP contribution in [0.15, 0.2) is 48.5 Å². The number of ether oxygens (including phenoxy) is 1. The Hall–Kier alpha value is -3.28. The molecular formula is C20H19N3O3. The van der Waals surface area contributed by atoms with Gasteiger partial charge in [0.1, 0.15) is 12.3 Å². The Morgan fingerprint density at radius 3 is 2.88 bits per heavy atom. The highest BCUT2D eigenvalue weighted by atomic mass is 16.5. The van der Waals surface area contributed by atoms with E-state index in [1.165, 1.54) is 0 Å². The van der Waals surface area contributed by atoms with Crippen LogP contribution in [0.5, 0.6) is 5.75 Å². The first-order valence-corrected chi connectivity index (χ1v) is 8.47. The topological polar surface area (TPSA) is 72.4 Å². The maximum Gasteiger partial charge on any atom is 0.265 e. The summed E-state index contributed by atoms with van der Waals surface area (Å²) in [6, 6.07) is 15.3. The summed E-state index contributed by atoms with van der Waals surface area (Å²) in [6.07, 6.45) is -0.520. The average molecular weight is 349 g/mol. The molecule has 6 heteroatoms. The van der Waals surface area contributed by atoms with Gasteiger partial charge < -0.3 is 19.9 Å². The number of carbonyl (C=O) groups excluding carboxylic acids is 2. The first-order chi connectivity index (χ1) is 12.5. The standard InChI is InChI=1S/C20H19N3O3/c1-12-9-14-5-3-4-6-17(14)23(12)11-19(24)21-15-7-8-18-16(10-15)22-20(25)13(2)26-18/h3-10,13H,11H2,1-2H3,(H,21,24)(H,22,25)/t13-/m1/s1. The SMILES string of the molecule is Cc1cc2ccccc2n1CC(=O)Nc1ccc2c(c1)NC(=O)[C@@H](C)O2. The predicted molar refractivity (Wildman–Crippen MR) is 100 cm³/mol. The van der Waals surface area contributed by atoms with Crippen molar-refractivity contribution in [1.82, 2.24) is 4.57 Å². The lowest BCUT2D eigenvalue weighted by atomic mass is 10.2. The Balaban J connectivity index is 1.53. The summed E-state index contributed by atoms with van der Waals surface area (Å²) in [5.41, 5.74) is 3.23. The lowest BCUT2D eigenvalue weighted by Crippen LogP contribution is -2.34. The van der Waals surface area contributed by atoms with E-state index in [1.807, 2.05) is 35.8 Å². The number of hydrogen-bond donors (Lipinski definition) is 2. The third-order valence-corrected chi connectivity index (χ3v) is 4.51. The minimum absolute atomic E-state index is 0.133. The van der Waals surface area contributed by atoms with E-state index in [1.54, 1.807) is 25.1 Å². The van der Waals surface area contributed by atoms with E-state index in [0.717, 1.165) is 16.6 Å². The highest BCUT2D eigenvalue weighted by Gasteiger charge is 2.23. The van der Waals surface area contributed by atoms with Crippen LogP contribution < -0.4 is 15.4 Å². The predicted octanol–water partition coefficient (Wildman–Crippen LogP) is 3.31. The summed E-state index contributed by atoms with van der Waals surface area (Å²) in [5.74, 6) is 0.267. The molecule has 0 bridgehead atoms. The molecule has 2 aromatic carbocycles. The number of rotatable bonds is 3. The number of carbonyl (C=O) groups is 2. The molecule has 4 rings (SSSR count). The fraction of sp³-hybridized carbons (Fsp3) is 0.200.